The van der Waals surface area contributed by atoms with Crippen LogP contribution in [0.2, 0.25) is 0 Å². The SMILES string of the molecule is COC[C@@]1(O)CC[C@H]2[C@H](CC[C@@H]3[C@@H]2CC[C@]2(C)[C@@H](C(=O)Cn4cc5ccncc5n4)CC[C@@H]32)C1. The minimum absolute atomic E-state index is 0.130. The van der Waals surface area contributed by atoms with Crippen molar-refractivity contribution in [3.63, 3.8) is 0 Å². The Hall–Kier alpha value is -1.79. The van der Waals surface area contributed by atoms with Crippen molar-refractivity contribution >= 4 is 16.7 Å². The molecule has 6 heteroatoms. The fraction of sp³-hybridized carbons (Fsp3) is 0.750. The molecule has 2 aromatic heterocycles. The van der Waals surface area contributed by atoms with Gasteiger partial charge in [0, 0.05) is 30.8 Å². The second-order valence-corrected chi connectivity index (χ2v) is 12.2. The third-order valence-electron chi connectivity index (χ3n) is 10.6. The topological polar surface area (TPSA) is 77.2 Å². The normalized spacial score (nSPS) is 41.6. The molecule has 0 spiro atoms. The maximum atomic E-state index is 13.6. The third kappa shape index (κ3) is 3.63. The zero-order chi connectivity index (χ0) is 23.5. The minimum Gasteiger partial charge on any atom is -0.387 e. The highest BCUT2D eigenvalue weighted by molar-refractivity contribution is 5.83. The van der Waals surface area contributed by atoms with Crippen molar-refractivity contribution in [1.82, 2.24) is 14.8 Å². The molecule has 0 saturated heterocycles. The fourth-order valence-corrected chi connectivity index (χ4v) is 9.16. The average molecular weight is 466 g/mol. The van der Waals surface area contributed by atoms with E-state index in [9.17, 15) is 9.90 Å². The van der Waals surface area contributed by atoms with Crippen molar-refractivity contribution in [1.29, 1.82) is 0 Å². The van der Waals surface area contributed by atoms with Gasteiger partial charge in [0.2, 0.25) is 0 Å². The monoisotopic (exact) mass is 465 g/mol. The van der Waals surface area contributed by atoms with E-state index < -0.39 is 5.60 Å². The Kier molecular flexibility index (Phi) is 5.60. The molecule has 0 amide bonds. The second-order valence-electron chi connectivity index (χ2n) is 12.2. The molecule has 6 nitrogen and oxygen atoms in total. The molecule has 1 N–H and O–H groups in total. The van der Waals surface area contributed by atoms with E-state index in [4.69, 9.17) is 4.74 Å². The van der Waals surface area contributed by atoms with Crippen LogP contribution in [-0.4, -0.2) is 45.0 Å². The number of pyridine rings is 1. The summed E-state index contributed by atoms with van der Waals surface area (Å²) in [5.74, 6) is 4.11. The predicted octanol–water partition coefficient (Wildman–Crippen LogP) is 4.65. The Bertz CT molecular complexity index is 1040. The summed E-state index contributed by atoms with van der Waals surface area (Å²) in [5, 5.41) is 16.6. The molecule has 34 heavy (non-hydrogen) atoms. The van der Waals surface area contributed by atoms with Crippen molar-refractivity contribution in [2.75, 3.05) is 13.7 Å². The molecule has 184 valence electrons. The van der Waals surface area contributed by atoms with Crippen LogP contribution < -0.4 is 0 Å². The van der Waals surface area contributed by atoms with Gasteiger partial charge < -0.3 is 9.84 Å². The fourth-order valence-electron chi connectivity index (χ4n) is 9.16. The van der Waals surface area contributed by atoms with Crippen molar-refractivity contribution in [3.05, 3.63) is 24.7 Å². The minimum atomic E-state index is -0.621. The van der Waals surface area contributed by atoms with Gasteiger partial charge in [-0.1, -0.05) is 6.92 Å². The van der Waals surface area contributed by atoms with Crippen molar-refractivity contribution in [2.24, 2.45) is 40.9 Å². The lowest BCUT2D eigenvalue weighted by atomic mass is 9.49. The van der Waals surface area contributed by atoms with Gasteiger partial charge in [0.25, 0.3) is 0 Å². The van der Waals surface area contributed by atoms with Crippen LogP contribution in [0.1, 0.15) is 64.7 Å². The third-order valence-corrected chi connectivity index (χ3v) is 10.6. The maximum Gasteiger partial charge on any atom is 0.157 e. The van der Waals surface area contributed by atoms with Crippen LogP contribution in [0.5, 0.6) is 0 Å². The molecule has 4 fully saturated rings. The van der Waals surface area contributed by atoms with E-state index in [0.717, 1.165) is 54.3 Å². The first-order valence-electron chi connectivity index (χ1n) is 13.4. The Labute approximate surface area is 202 Å². The van der Waals surface area contributed by atoms with Gasteiger partial charge in [-0.05, 0) is 98.9 Å². The van der Waals surface area contributed by atoms with Gasteiger partial charge in [0.1, 0.15) is 5.52 Å². The molecule has 8 atom stereocenters. The molecule has 6 rings (SSSR count). The van der Waals surface area contributed by atoms with Crippen LogP contribution in [0.3, 0.4) is 0 Å². The van der Waals surface area contributed by atoms with Gasteiger partial charge in [-0.15, -0.1) is 0 Å². The predicted molar refractivity (Wildman–Crippen MR) is 130 cm³/mol. The Morgan fingerprint density at radius 3 is 2.82 bits per heavy atom. The number of aliphatic hydroxyl groups is 1. The first kappa shape index (κ1) is 22.7. The summed E-state index contributed by atoms with van der Waals surface area (Å²) in [5.41, 5.74) is 0.363. The van der Waals surface area contributed by atoms with E-state index in [2.05, 4.69) is 17.0 Å². The summed E-state index contributed by atoms with van der Waals surface area (Å²) in [4.78, 5) is 17.7. The number of Topliss-reactive ketones (excluding diaryl/α,β-unsaturated/α-hetero) is 1. The molecule has 2 heterocycles. The van der Waals surface area contributed by atoms with Gasteiger partial charge in [0.15, 0.2) is 5.78 Å². The number of ether oxygens (including phenoxy) is 1. The Morgan fingerprint density at radius 1 is 1.15 bits per heavy atom. The van der Waals surface area contributed by atoms with E-state index in [-0.39, 0.29) is 11.3 Å². The van der Waals surface area contributed by atoms with Gasteiger partial charge in [-0.2, -0.15) is 5.10 Å². The first-order valence-corrected chi connectivity index (χ1v) is 13.4. The van der Waals surface area contributed by atoms with Crippen LogP contribution in [0.15, 0.2) is 24.7 Å². The zero-order valence-electron chi connectivity index (χ0n) is 20.7. The highest BCUT2D eigenvalue weighted by Crippen LogP contribution is 2.64. The Morgan fingerprint density at radius 2 is 2.00 bits per heavy atom. The molecule has 0 aliphatic heterocycles. The Balaban J connectivity index is 1.16. The van der Waals surface area contributed by atoms with Crippen LogP contribution in [0, 0.1) is 40.9 Å². The van der Waals surface area contributed by atoms with Crippen molar-refractivity contribution in [3.8, 4) is 0 Å². The number of rotatable bonds is 5. The molecule has 4 aliphatic rings. The standard InChI is InChI=1S/C28H39N3O3/c1-27-10-7-21-20-8-11-28(33,17-34-2)13-18(20)3-4-22(21)23(27)5-6-24(27)26(32)16-31-15-19-9-12-29-14-25(19)30-31/h9,12,14-15,18,20-24,33H,3-8,10-11,13,16-17H2,1-2H3/t18-,20+,21-,22-,23+,24-,27+,28-/m1/s1. The van der Waals surface area contributed by atoms with E-state index >= 15 is 0 Å². The summed E-state index contributed by atoms with van der Waals surface area (Å²) < 4.78 is 7.17. The number of hydrogen-bond acceptors (Lipinski definition) is 5. The summed E-state index contributed by atoms with van der Waals surface area (Å²) in [6.07, 6.45) is 15.6. The number of aromatic nitrogens is 3. The van der Waals surface area contributed by atoms with E-state index in [1.54, 1.807) is 19.5 Å². The van der Waals surface area contributed by atoms with Crippen LogP contribution in [-0.2, 0) is 16.1 Å². The molecular formula is C28H39N3O3. The van der Waals surface area contributed by atoms with Gasteiger partial charge >= 0.3 is 0 Å². The summed E-state index contributed by atoms with van der Waals surface area (Å²) >= 11 is 0. The molecule has 0 bridgehead atoms. The van der Waals surface area contributed by atoms with Crippen LogP contribution >= 0.6 is 0 Å². The number of hydrogen-bond donors (Lipinski definition) is 1. The van der Waals surface area contributed by atoms with Crippen LogP contribution in [0.25, 0.3) is 10.9 Å². The molecule has 4 saturated carbocycles. The summed E-state index contributed by atoms with van der Waals surface area (Å²) in [6, 6.07) is 1.95. The van der Waals surface area contributed by atoms with Gasteiger partial charge in [-0.3, -0.25) is 14.5 Å². The second kappa shape index (κ2) is 8.41. The summed E-state index contributed by atoms with van der Waals surface area (Å²) in [7, 11) is 1.70. The van der Waals surface area contributed by atoms with Gasteiger partial charge in [-0.25, -0.2) is 0 Å². The molecule has 0 radical (unpaired) electrons. The van der Waals surface area contributed by atoms with E-state index in [1.807, 2.05) is 16.9 Å². The lowest BCUT2D eigenvalue weighted by Crippen LogP contribution is -2.52. The first-order chi connectivity index (χ1) is 16.4. The molecule has 2 aromatic rings. The van der Waals surface area contributed by atoms with E-state index in [1.165, 1.54) is 32.1 Å². The number of fused-ring (bicyclic) bond motifs is 6. The maximum absolute atomic E-state index is 13.6. The van der Waals surface area contributed by atoms with E-state index in [0.29, 0.717) is 30.8 Å². The lowest BCUT2D eigenvalue weighted by molar-refractivity contribution is -0.136. The molecule has 0 unspecified atom stereocenters. The van der Waals surface area contributed by atoms with Crippen molar-refractivity contribution < 1.29 is 14.6 Å². The number of carbonyl (C=O) groups is 1. The average Bonchev–Trinajstić information content (AvgIpc) is 3.38. The molecular weight excluding hydrogens is 426 g/mol. The highest BCUT2D eigenvalue weighted by Gasteiger charge is 2.59. The number of carbonyl (C=O) groups excluding carboxylic acids is 1. The lowest BCUT2D eigenvalue weighted by Gasteiger charge is -2.57. The quantitative estimate of drug-likeness (QED) is 0.696. The van der Waals surface area contributed by atoms with Gasteiger partial charge in [0.05, 0.1) is 24.9 Å². The van der Waals surface area contributed by atoms with Crippen molar-refractivity contribution in [2.45, 2.75) is 76.9 Å². The molecule has 0 aromatic carbocycles. The highest BCUT2D eigenvalue weighted by atomic mass is 16.5. The number of methoxy groups -OCH3 is 1. The number of nitrogens with zero attached hydrogens (tertiary/aromatic N) is 3. The summed E-state index contributed by atoms with van der Waals surface area (Å²) in [6.45, 7) is 3.27. The number of ketones is 1. The smallest absolute Gasteiger partial charge is 0.157 e. The largest absolute Gasteiger partial charge is 0.387 e. The van der Waals surface area contributed by atoms with Crippen LogP contribution in [0.4, 0.5) is 0 Å². The molecule has 4 aliphatic carbocycles. The zero-order valence-corrected chi connectivity index (χ0v) is 20.7.